The second kappa shape index (κ2) is 8.00. The van der Waals surface area contributed by atoms with Crippen LogP contribution in [-0.4, -0.2) is 21.6 Å². The topological polar surface area (TPSA) is 57.5 Å². The third kappa shape index (κ3) is 3.55. The van der Waals surface area contributed by atoms with Crippen molar-refractivity contribution in [2.75, 3.05) is 0 Å². The van der Waals surface area contributed by atoms with E-state index in [-0.39, 0.29) is 17.1 Å². The zero-order chi connectivity index (χ0) is 22.7. The van der Waals surface area contributed by atoms with Gasteiger partial charge in [-0.15, -0.1) is 11.3 Å². The maximum Gasteiger partial charge on any atom is 0.187 e. The Hall–Kier alpha value is -1.62. The summed E-state index contributed by atoms with van der Waals surface area (Å²) in [4.78, 5) is 14.1. The molecule has 5 rings (SSSR count). The lowest BCUT2D eigenvalue weighted by Gasteiger charge is -2.52. The Morgan fingerprint density at radius 2 is 2.03 bits per heavy atom. The summed E-state index contributed by atoms with van der Waals surface area (Å²) in [5.74, 6) is 1.75. The highest BCUT2D eigenvalue weighted by Crippen LogP contribution is 2.65. The number of aliphatic hydroxyl groups is 1. The number of benzene rings is 1. The molecule has 0 radical (unpaired) electrons. The van der Waals surface area contributed by atoms with Gasteiger partial charge >= 0.3 is 0 Å². The summed E-state index contributed by atoms with van der Waals surface area (Å²) in [7, 11) is 0. The van der Waals surface area contributed by atoms with Crippen LogP contribution < -0.4 is 0 Å². The molecule has 2 aromatic rings. The molecule has 170 valence electrons. The van der Waals surface area contributed by atoms with Crippen LogP contribution in [-0.2, 0) is 11.2 Å². The molecule has 3 nitrogen and oxygen atoms in total. The summed E-state index contributed by atoms with van der Waals surface area (Å²) in [5.41, 5.74) is 1.30. The maximum absolute atomic E-state index is 13.1. The predicted octanol–water partition coefficient (Wildman–Crippen LogP) is 6.61. The third-order valence-corrected chi connectivity index (χ3v) is 10.1. The van der Waals surface area contributed by atoms with Gasteiger partial charge in [-0.25, -0.2) is 0 Å². The SMILES string of the molecule is C[C@](O)(C(=O)/C=C/c1ccc(Cl)s1)C1CC[C@H]2[C@@H]3CCc4cc(O)ccc4[C@H]3CC[C@]12C. The number of ketones is 1. The number of rotatable bonds is 4. The van der Waals surface area contributed by atoms with Crippen molar-refractivity contribution in [3.05, 3.63) is 56.7 Å². The summed E-state index contributed by atoms with van der Waals surface area (Å²) in [6.07, 6.45) is 9.51. The van der Waals surface area contributed by atoms with Crippen LogP contribution in [0.15, 0.2) is 36.4 Å². The molecule has 2 N–H and O–H groups in total. The molecule has 0 bridgehead atoms. The number of hydrogen-bond acceptors (Lipinski definition) is 4. The van der Waals surface area contributed by atoms with Gasteiger partial charge in [-0.1, -0.05) is 24.6 Å². The van der Waals surface area contributed by atoms with Crippen molar-refractivity contribution in [2.45, 2.75) is 63.9 Å². The fourth-order valence-corrected chi connectivity index (χ4v) is 8.37. The molecule has 6 atom stereocenters. The second-order valence-electron chi connectivity index (χ2n) is 10.5. The number of thiophene rings is 1. The summed E-state index contributed by atoms with van der Waals surface area (Å²) >= 11 is 7.42. The molecule has 1 unspecified atom stereocenters. The first-order valence-corrected chi connectivity index (χ1v) is 12.9. The van der Waals surface area contributed by atoms with E-state index in [1.54, 1.807) is 13.0 Å². The Bertz CT molecular complexity index is 1070. The third-order valence-electron chi connectivity index (χ3n) is 8.88. The molecule has 3 aliphatic carbocycles. The van der Waals surface area contributed by atoms with Gasteiger partial charge in [0, 0.05) is 10.8 Å². The van der Waals surface area contributed by atoms with Crippen molar-refractivity contribution in [2.24, 2.45) is 23.2 Å². The van der Waals surface area contributed by atoms with Crippen LogP contribution in [0.5, 0.6) is 5.75 Å². The first kappa shape index (κ1) is 22.2. The summed E-state index contributed by atoms with van der Waals surface area (Å²) in [6.45, 7) is 4.05. The number of phenols is 1. The minimum Gasteiger partial charge on any atom is -0.508 e. The van der Waals surface area contributed by atoms with Crippen LogP contribution in [0.1, 0.15) is 67.9 Å². The van der Waals surface area contributed by atoms with E-state index in [1.807, 2.05) is 24.3 Å². The molecule has 2 saturated carbocycles. The average Bonchev–Trinajstić information content (AvgIpc) is 3.34. The Labute approximate surface area is 199 Å². The molecule has 0 amide bonds. The smallest absolute Gasteiger partial charge is 0.187 e. The van der Waals surface area contributed by atoms with Gasteiger partial charge in [-0.05, 0) is 116 Å². The predicted molar refractivity (Wildman–Crippen MR) is 130 cm³/mol. The van der Waals surface area contributed by atoms with Crippen molar-refractivity contribution in [3.8, 4) is 5.75 Å². The van der Waals surface area contributed by atoms with E-state index < -0.39 is 5.60 Å². The monoisotopic (exact) mass is 470 g/mol. The molecule has 32 heavy (non-hydrogen) atoms. The van der Waals surface area contributed by atoms with Crippen molar-refractivity contribution in [1.82, 2.24) is 0 Å². The number of aromatic hydroxyl groups is 1. The zero-order valence-electron chi connectivity index (χ0n) is 18.7. The highest BCUT2D eigenvalue weighted by molar-refractivity contribution is 7.17. The van der Waals surface area contributed by atoms with Gasteiger partial charge in [0.15, 0.2) is 5.78 Å². The number of fused-ring (bicyclic) bond motifs is 5. The molecule has 0 aliphatic heterocycles. The lowest BCUT2D eigenvalue weighted by Crippen LogP contribution is -2.51. The van der Waals surface area contributed by atoms with Gasteiger partial charge in [0.25, 0.3) is 0 Å². The molecule has 0 spiro atoms. The molecule has 1 heterocycles. The Kier molecular flexibility index (Phi) is 5.55. The Balaban J connectivity index is 1.38. The zero-order valence-corrected chi connectivity index (χ0v) is 20.3. The van der Waals surface area contributed by atoms with Gasteiger partial charge in [-0.2, -0.15) is 0 Å². The van der Waals surface area contributed by atoms with Gasteiger partial charge in [-0.3, -0.25) is 4.79 Å². The first-order valence-electron chi connectivity index (χ1n) is 11.7. The Morgan fingerprint density at radius 3 is 2.78 bits per heavy atom. The van der Waals surface area contributed by atoms with Crippen molar-refractivity contribution >= 4 is 34.8 Å². The highest BCUT2D eigenvalue weighted by atomic mass is 35.5. The molecular weight excluding hydrogens is 440 g/mol. The van der Waals surface area contributed by atoms with Crippen LogP contribution in [0.25, 0.3) is 6.08 Å². The number of hydrogen-bond donors (Lipinski definition) is 2. The number of carbonyl (C=O) groups excluding carboxylic acids is 1. The quantitative estimate of drug-likeness (QED) is 0.494. The lowest BCUT2D eigenvalue weighted by molar-refractivity contribution is -0.144. The van der Waals surface area contributed by atoms with Crippen LogP contribution in [0.3, 0.4) is 0 Å². The van der Waals surface area contributed by atoms with Crippen molar-refractivity contribution < 1.29 is 15.0 Å². The molecule has 1 aromatic carbocycles. The second-order valence-corrected chi connectivity index (χ2v) is 12.2. The van der Waals surface area contributed by atoms with E-state index in [1.165, 1.54) is 28.5 Å². The van der Waals surface area contributed by atoms with E-state index in [0.717, 1.165) is 43.4 Å². The standard InChI is InChI=1S/C27H31ClO3S/c1-26-14-13-20-19-8-4-17(29)15-16(19)3-7-21(20)22(26)9-10-23(26)27(2,31)24(30)11-5-18-6-12-25(28)32-18/h4-6,8,11-12,15,20-23,29,31H,3,7,9-10,13-14H2,1-2H3/b11-5+/t20-,21-,22+,23?,26+,27-/m1/s1. The summed E-state index contributed by atoms with van der Waals surface area (Å²) < 4.78 is 0.691. The lowest BCUT2D eigenvalue weighted by atomic mass is 9.52. The van der Waals surface area contributed by atoms with Gasteiger partial charge in [0.2, 0.25) is 0 Å². The Morgan fingerprint density at radius 1 is 1.22 bits per heavy atom. The summed E-state index contributed by atoms with van der Waals surface area (Å²) in [6, 6.07) is 9.59. The van der Waals surface area contributed by atoms with E-state index in [2.05, 4.69) is 13.0 Å². The normalized spacial score (nSPS) is 33.4. The number of carbonyl (C=O) groups is 1. The maximum atomic E-state index is 13.1. The number of halogens is 1. The minimum absolute atomic E-state index is 0.0329. The van der Waals surface area contributed by atoms with Crippen LogP contribution in [0, 0.1) is 23.2 Å². The number of phenolic OH excluding ortho intramolecular Hbond substituents is 1. The molecule has 0 saturated heterocycles. The molecule has 1 aromatic heterocycles. The molecule has 5 heteroatoms. The van der Waals surface area contributed by atoms with Crippen molar-refractivity contribution in [1.29, 1.82) is 0 Å². The number of aryl methyl sites for hydroxylation is 1. The molecule has 3 aliphatic rings. The van der Waals surface area contributed by atoms with Crippen molar-refractivity contribution in [3.63, 3.8) is 0 Å². The van der Waals surface area contributed by atoms with E-state index in [0.29, 0.717) is 27.8 Å². The van der Waals surface area contributed by atoms with Crippen LogP contribution >= 0.6 is 22.9 Å². The van der Waals surface area contributed by atoms with E-state index in [9.17, 15) is 15.0 Å². The van der Waals surface area contributed by atoms with Crippen LogP contribution in [0.4, 0.5) is 0 Å². The summed E-state index contributed by atoms with van der Waals surface area (Å²) in [5, 5.41) is 21.4. The highest BCUT2D eigenvalue weighted by Gasteiger charge is 2.60. The van der Waals surface area contributed by atoms with Gasteiger partial charge in [0.05, 0.1) is 4.34 Å². The average molecular weight is 471 g/mol. The first-order chi connectivity index (χ1) is 15.2. The molecule has 2 fully saturated rings. The fourth-order valence-electron chi connectivity index (χ4n) is 7.41. The van der Waals surface area contributed by atoms with Gasteiger partial charge in [0.1, 0.15) is 11.4 Å². The van der Waals surface area contributed by atoms with Gasteiger partial charge < -0.3 is 10.2 Å². The van der Waals surface area contributed by atoms with E-state index in [4.69, 9.17) is 11.6 Å². The van der Waals surface area contributed by atoms with Crippen LogP contribution in [0.2, 0.25) is 4.34 Å². The van der Waals surface area contributed by atoms with E-state index >= 15 is 0 Å². The minimum atomic E-state index is -1.37. The largest absolute Gasteiger partial charge is 0.508 e. The molecular formula is C27H31ClO3S. The fraction of sp³-hybridized carbons (Fsp3) is 0.519.